The fourth-order valence-corrected chi connectivity index (χ4v) is 5.85. The topological polar surface area (TPSA) is 90.3 Å². The minimum atomic E-state index is -1.06. The Bertz CT molecular complexity index is 1900. The Hall–Kier alpha value is -3.91. The molecule has 0 saturated carbocycles. The van der Waals surface area contributed by atoms with Crippen LogP contribution in [0.3, 0.4) is 0 Å². The van der Waals surface area contributed by atoms with E-state index in [-0.39, 0.29) is 27.6 Å². The molecule has 41 heavy (non-hydrogen) atoms. The lowest BCUT2D eigenvalue weighted by Gasteiger charge is -2.19. The second-order valence-corrected chi connectivity index (χ2v) is 10.8. The third-order valence-electron chi connectivity index (χ3n) is 7.14. The van der Waals surface area contributed by atoms with Gasteiger partial charge in [-0.1, -0.05) is 59.1 Å². The highest BCUT2D eigenvalue weighted by Gasteiger charge is 2.26. The first-order valence-electron chi connectivity index (χ1n) is 12.6. The summed E-state index contributed by atoms with van der Waals surface area (Å²) in [4.78, 5) is 44.1. The highest BCUT2D eigenvalue weighted by atomic mass is 35.5. The SMILES string of the molecule is COC(=O)[C@H](Cc1ccc(-c2c(C)c3cc(Cl)ccc3n(C)c2=O)c2cccnc12)NC(=O)c1c(Cl)cccc1Cl. The smallest absolute Gasteiger partial charge is 0.328 e. The second-order valence-electron chi connectivity index (χ2n) is 9.55. The lowest BCUT2D eigenvalue weighted by molar-refractivity contribution is -0.142. The van der Waals surface area contributed by atoms with Crippen LogP contribution >= 0.6 is 34.8 Å². The van der Waals surface area contributed by atoms with Gasteiger partial charge in [-0.05, 0) is 60.0 Å². The van der Waals surface area contributed by atoms with E-state index < -0.39 is 17.9 Å². The van der Waals surface area contributed by atoms with Gasteiger partial charge in [-0.3, -0.25) is 14.6 Å². The summed E-state index contributed by atoms with van der Waals surface area (Å²) in [6.45, 7) is 1.90. The number of hydrogen-bond donors (Lipinski definition) is 1. The highest BCUT2D eigenvalue weighted by molar-refractivity contribution is 6.39. The summed E-state index contributed by atoms with van der Waals surface area (Å²) in [6, 6.07) is 16.4. The molecule has 2 heterocycles. The molecule has 1 atom stereocenters. The molecule has 0 saturated heterocycles. The molecule has 3 aromatic carbocycles. The van der Waals surface area contributed by atoms with Crippen molar-refractivity contribution in [3.8, 4) is 11.1 Å². The van der Waals surface area contributed by atoms with Crippen molar-refractivity contribution in [3.63, 3.8) is 0 Å². The van der Waals surface area contributed by atoms with E-state index >= 15 is 0 Å². The van der Waals surface area contributed by atoms with Crippen LogP contribution in [0.15, 0.2) is 71.7 Å². The lowest BCUT2D eigenvalue weighted by atomic mass is 9.92. The maximum absolute atomic E-state index is 13.6. The minimum Gasteiger partial charge on any atom is -0.467 e. The molecular weight excluding hydrogens is 585 g/mol. The van der Waals surface area contributed by atoms with Gasteiger partial charge in [-0.25, -0.2) is 4.79 Å². The molecule has 1 N–H and O–H groups in total. The van der Waals surface area contributed by atoms with Crippen LogP contribution in [0.2, 0.25) is 15.1 Å². The number of nitrogens with zero attached hydrogens (tertiary/aromatic N) is 2. The molecule has 5 aromatic rings. The van der Waals surface area contributed by atoms with Crippen LogP contribution in [0.25, 0.3) is 32.9 Å². The van der Waals surface area contributed by atoms with E-state index in [0.29, 0.717) is 27.2 Å². The summed E-state index contributed by atoms with van der Waals surface area (Å²) in [5.41, 5.74) is 3.93. The molecule has 0 bridgehead atoms. The summed E-state index contributed by atoms with van der Waals surface area (Å²) in [5, 5.41) is 5.16. The van der Waals surface area contributed by atoms with Crippen molar-refractivity contribution in [2.24, 2.45) is 7.05 Å². The zero-order valence-electron chi connectivity index (χ0n) is 22.3. The maximum Gasteiger partial charge on any atom is 0.328 e. The summed E-state index contributed by atoms with van der Waals surface area (Å²) >= 11 is 18.7. The molecule has 5 rings (SSSR count). The number of fused-ring (bicyclic) bond motifs is 2. The third kappa shape index (κ3) is 5.28. The molecular formula is C31H24Cl3N3O4. The van der Waals surface area contributed by atoms with Gasteiger partial charge in [-0.2, -0.15) is 0 Å². The molecule has 1 amide bonds. The molecule has 0 spiro atoms. The van der Waals surface area contributed by atoms with Crippen molar-refractivity contribution in [2.45, 2.75) is 19.4 Å². The first kappa shape index (κ1) is 28.6. The normalized spacial score (nSPS) is 12.0. The van der Waals surface area contributed by atoms with Crippen molar-refractivity contribution < 1.29 is 14.3 Å². The molecule has 0 aliphatic carbocycles. The second kappa shape index (κ2) is 11.5. The van der Waals surface area contributed by atoms with Crippen LogP contribution in [0, 0.1) is 6.92 Å². The number of esters is 1. The number of pyridine rings is 2. The van der Waals surface area contributed by atoms with E-state index in [9.17, 15) is 14.4 Å². The summed E-state index contributed by atoms with van der Waals surface area (Å²) in [7, 11) is 2.97. The van der Waals surface area contributed by atoms with E-state index in [1.807, 2.05) is 31.2 Å². The number of methoxy groups -OCH3 is 1. The van der Waals surface area contributed by atoms with Gasteiger partial charge < -0.3 is 14.6 Å². The van der Waals surface area contributed by atoms with Crippen LogP contribution in [0.5, 0.6) is 0 Å². The van der Waals surface area contributed by atoms with Crippen LogP contribution in [0.1, 0.15) is 21.5 Å². The Morgan fingerprint density at radius 3 is 2.44 bits per heavy atom. The molecule has 7 nitrogen and oxygen atoms in total. The first-order valence-corrected chi connectivity index (χ1v) is 13.7. The van der Waals surface area contributed by atoms with E-state index in [4.69, 9.17) is 39.5 Å². The molecule has 10 heteroatoms. The molecule has 0 aliphatic rings. The number of carbonyl (C=O) groups is 2. The van der Waals surface area contributed by atoms with Gasteiger partial charge in [0.15, 0.2) is 0 Å². The third-order valence-corrected chi connectivity index (χ3v) is 8.01. The zero-order valence-corrected chi connectivity index (χ0v) is 24.6. The van der Waals surface area contributed by atoms with Crippen molar-refractivity contribution in [1.82, 2.24) is 14.9 Å². The zero-order chi connectivity index (χ0) is 29.4. The average Bonchev–Trinajstić information content (AvgIpc) is 2.96. The van der Waals surface area contributed by atoms with Crippen molar-refractivity contribution in [2.75, 3.05) is 7.11 Å². The van der Waals surface area contributed by atoms with Gasteiger partial charge in [0, 0.05) is 35.5 Å². The number of hydrogen-bond acceptors (Lipinski definition) is 5. The van der Waals surface area contributed by atoms with Crippen molar-refractivity contribution >= 4 is 68.5 Å². The first-order chi connectivity index (χ1) is 19.6. The van der Waals surface area contributed by atoms with Gasteiger partial charge in [0.1, 0.15) is 6.04 Å². The van der Waals surface area contributed by atoms with Crippen LogP contribution in [-0.4, -0.2) is 34.6 Å². The molecule has 2 aromatic heterocycles. The monoisotopic (exact) mass is 607 g/mol. The highest BCUT2D eigenvalue weighted by Crippen LogP contribution is 2.34. The van der Waals surface area contributed by atoms with Gasteiger partial charge in [0.2, 0.25) is 0 Å². The molecule has 0 unspecified atom stereocenters. The molecule has 0 aliphatic heterocycles. The van der Waals surface area contributed by atoms with Crippen LogP contribution in [-0.2, 0) is 23.0 Å². The maximum atomic E-state index is 13.6. The Morgan fingerprint density at radius 1 is 1.00 bits per heavy atom. The number of amides is 1. The summed E-state index contributed by atoms with van der Waals surface area (Å²) < 4.78 is 6.59. The molecule has 0 radical (unpaired) electrons. The number of benzene rings is 3. The van der Waals surface area contributed by atoms with E-state index in [1.165, 1.54) is 7.11 Å². The predicted octanol–water partition coefficient (Wildman–Crippen LogP) is 6.54. The number of nitrogens with one attached hydrogen (secondary N) is 1. The Morgan fingerprint density at radius 2 is 1.73 bits per heavy atom. The van der Waals surface area contributed by atoms with Gasteiger partial charge in [0.25, 0.3) is 11.5 Å². The summed E-state index contributed by atoms with van der Waals surface area (Å²) in [5.74, 6) is -1.26. The Labute approximate surface area is 250 Å². The minimum absolute atomic E-state index is 0.0609. The number of ether oxygens (including phenoxy) is 1. The van der Waals surface area contributed by atoms with Crippen molar-refractivity contribution in [3.05, 3.63) is 109 Å². The van der Waals surface area contributed by atoms with E-state index in [1.54, 1.807) is 54.2 Å². The van der Waals surface area contributed by atoms with Crippen LogP contribution < -0.4 is 10.9 Å². The average molecular weight is 609 g/mol. The van der Waals surface area contributed by atoms with Gasteiger partial charge in [-0.15, -0.1) is 0 Å². The number of aryl methyl sites for hydroxylation is 2. The quantitative estimate of drug-likeness (QED) is 0.221. The fourth-order valence-electron chi connectivity index (χ4n) is 5.10. The predicted molar refractivity (Wildman–Crippen MR) is 163 cm³/mol. The number of rotatable bonds is 6. The van der Waals surface area contributed by atoms with Crippen molar-refractivity contribution in [1.29, 1.82) is 0 Å². The summed E-state index contributed by atoms with van der Waals surface area (Å²) in [6.07, 6.45) is 1.70. The number of carbonyl (C=O) groups excluding carboxylic acids is 2. The number of aromatic nitrogens is 2. The van der Waals surface area contributed by atoms with Gasteiger partial charge >= 0.3 is 5.97 Å². The lowest BCUT2D eigenvalue weighted by Crippen LogP contribution is -2.43. The Balaban J connectivity index is 1.61. The molecule has 208 valence electrons. The van der Waals surface area contributed by atoms with E-state index in [0.717, 1.165) is 21.9 Å². The van der Waals surface area contributed by atoms with E-state index in [2.05, 4.69) is 10.3 Å². The largest absolute Gasteiger partial charge is 0.467 e. The fraction of sp³-hybridized carbons (Fsp3) is 0.161. The van der Waals surface area contributed by atoms with Crippen LogP contribution in [0.4, 0.5) is 0 Å². The standard InChI is InChI=1S/C31H24Cl3N3O4/c1-16-21-15-18(32)10-12-25(21)37(2)30(39)26(16)19-11-9-17(28-20(19)6-5-13-35-28)14-24(31(40)41-3)36-29(38)27-22(33)7-4-8-23(27)34/h4-13,15,24H,14H2,1-3H3,(H,36,38)/t24-/m0/s1. The van der Waals surface area contributed by atoms with Gasteiger partial charge in [0.05, 0.1) is 39.3 Å². The number of halogens is 3. The molecule has 0 fully saturated rings. The Kier molecular flexibility index (Phi) is 8.04.